The highest BCUT2D eigenvalue weighted by molar-refractivity contribution is 5.97. The van der Waals surface area contributed by atoms with Gasteiger partial charge in [-0.15, -0.1) is 0 Å². The molecule has 1 heterocycles. The molecule has 1 aromatic heterocycles. The van der Waals surface area contributed by atoms with E-state index in [9.17, 15) is 26.7 Å². The lowest BCUT2D eigenvalue weighted by Gasteiger charge is -2.13. The number of hydrogen-bond acceptors (Lipinski definition) is 2. The summed E-state index contributed by atoms with van der Waals surface area (Å²) < 4.78 is 64.2. The fourth-order valence-corrected chi connectivity index (χ4v) is 2.70. The third kappa shape index (κ3) is 4.24. The first kappa shape index (κ1) is 18.8. The summed E-state index contributed by atoms with van der Waals surface area (Å²) in [5.74, 6) is -1.01. The van der Waals surface area contributed by atoms with Crippen molar-refractivity contribution in [1.82, 2.24) is 15.3 Å². The Kier molecular flexibility index (Phi) is 5.11. The highest BCUT2D eigenvalue weighted by Crippen LogP contribution is 2.31. The number of rotatable bonds is 5. The minimum absolute atomic E-state index is 0.00323. The Hall–Kier alpha value is -2.97. The number of halogens is 5. The van der Waals surface area contributed by atoms with Crippen molar-refractivity contribution in [3.63, 3.8) is 0 Å². The van der Waals surface area contributed by atoms with Crippen LogP contribution in [0.2, 0.25) is 0 Å². The van der Waals surface area contributed by atoms with Gasteiger partial charge in [-0.2, -0.15) is 13.2 Å². The summed E-state index contributed by atoms with van der Waals surface area (Å²) in [4.78, 5) is 18.3. The van der Waals surface area contributed by atoms with E-state index in [0.717, 1.165) is 6.07 Å². The summed E-state index contributed by atoms with van der Waals surface area (Å²) in [6, 6.07) is 9.36. The molecule has 0 fully saturated rings. The topological polar surface area (TPSA) is 57.8 Å². The first-order valence-electron chi connectivity index (χ1n) is 7.97. The van der Waals surface area contributed by atoms with Crippen molar-refractivity contribution in [3.8, 4) is 0 Å². The molecule has 27 heavy (non-hydrogen) atoms. The number of amides is 1. The molecule has 0 radical (unpaired) electrons. The minimum atomic E-state index is -4.46. The maximum Gasteiger partial charge on any atom is 0.416 e. The normalized spacial score (nSPS) is 11.9. The van der Waals surface area contributed by atoms with E-state index in [4.69, 9.17) is 0 Å². The number of nitrogens with zero attached hydrogens (tertiary/aromatic N) is 1. The first-order chi connectivity index (χ1) is 12.8. The van der Waals surface area contributed by atoms with Crippen molar-refractivity contribution in [2.24, 2.45) is 0 Å². The summed E-state index contributed by atoms with van der Waals surface area (Å²) in [5, 5.41) is 2.53. The molecule has 142 valence electrons. The van der Waals surface area contributed by atoms with Crippen LogP contribution in [-0.2, 0) is 12.6 Å². The van der Waals surface area contributed by atoms with Crippen LogP contribution in [0.15, 0.2) is 42.5 Å². The SMILES string of the molecule is O=C(NCCc1ccccc1C(F)(F)F)c1ccc2nc(C(F)F)[nH]c2c1. The third-order valence-electron chi connectivity index (χ3n) is 3.97. The predicted molar refractivity (Wildman–Crippen MR) is 88.5 cm³/mol. The molecule has 4 nitrogen and oxygen atoms in total. The lowest BCUT2D eigenvalue weighted by molar-refractivity contribution is -0.138. The van der Waals surface area contributed by atoms with Crippen LogP contribution in [0.4, 0.5) is 22.0 Å². The van der Waals surface area contributed by atoms with Crippen molar-refractivity contribution in [3.05, 3.63) is 65.0 Å². The van der Waals surface area contributed by atoms with Gasteiger partial charge in [0.05, 0.1) is 16.6 Å². The second-order valence-electron chi connectivity index (χ2n) is 5.82. The largest absolute Gasteiger partial charge is 0.416 e. The number of H-pyrrole nitrogens is 1. The first-order valence-corrected chi connectivity index (χ1v) is 7.97. The highest BCUT2D eigenvalue weighted by atomic mass is 19.4. The van der Waals surface area contributed by atoms with Gasteiger partial charge in [0.1, 0.15) is 0 Å². The van der Waals surface area contributed by atoms with Gasteiger partial charge in [0.25, 0.3) is 12.3 Å². The van der Waals surface area contributed by atoms with Crippen LogP contribution >= 0.6 is 0 Å². The van der Waals surface area contributed by atoms with Crippen LogP contribution in [0.5, 0.6) is 0 Å². The number of carbonyl (C=O) groups is 1. The Labute approximate surface area is 150 Å². The lowest BCUT2D eigenvalue weighted by Crippen LogP contribution is -2.26. The van der Waals surface area contributed by atoms with Crippen molar-refractivity contribution in [2.45, 2.75) is 19.0 Å². The van der Waals surface area contributed by atoms with Gasteiger partial charge >= 0.3 is 6.18 Å². The molecule has 2 aromatic carbocycles. The van der Waals surface area contributed by atoms with Crippen LogP contribution in [0.25, 0.3) is 11.0 Å². The fraction of sp³-hybridized carbons (Fsp3) is 0.222. The maximum atomic E-state index is 13.0. The highest BCUT2D eigenvalue weighted by Gasteiger charge is 2.32. The van der Waals surface area contributed by atoms with E-state index in [0.29, 0.717) is 5.52 Å². The summed E-state index contributed by atoms with van der Waals surface area (Å²) in [5.41, 5.74) is 0.103. The zero-order chi connectivity index (χ0) is 19.6. The zero-order valence-corrected chi connectivity index (χ0v) is 13.8. The molecule has 0 aliphatic carbocycles. The molecule has 1 amide bonds. The maximum absolute atomic E-state index is 13.0. The van der Waals surface area contributed by atoms with Crippen molar-refractivity contribution in [2.75, 3.05) is 6.54 Å². The monoisotopic (exact) mass is 383 g/mol. The van der Waals surface area contributed by atoms with Crippen LogP contribution in [-0.4, -0.2) is 22.4 Å². The quantitative estimate of drug-likeness (QED) is 0.638. The van der Waals surface area contributed by atoms with Crippen molar-refractivity contribution >= 4 is 16.9 Å². The van der Waals surface area contributed by atoms with Crippen molar-refractivity contribution in [1.29, 1.82) is 0 Å². The van der Waals surface area contributed by atoms with Gasteiger partial charge in [-0.3, -0.25) is 4.79 Å². The number of alkyl halides is 5. The van der Waals surface area contributed by atoms with Crippen molar-refractivity contribution < 1.29 is 26.7 Å². The second-order valence-corrected chi connectivity index (χ2v) is 5.82. The molecule has 0 unspecified atom stereocenters. The summed E-state index contributed by atoms with van der Waals surface area (Å²) in [6.07, 6.45) is -7.22. The van der Waals surface area contributed by atoms with Gasteiger partial charge in [-0.1, -0.05) is 18.2 Å². The van der Waals surface area contributed by atoms with E-state index in [1.807, 2.05) is 0 Å². The smallest absolute Gasteiger partial charge is 0.352 e. The van der Waals surface area contributed by atoms with Gasteiger partial charge in [0.2, 0.25) is 0 Å². The van der Waals surface area contributed by atoms with E-state index in [2.05, 4.69) is 15.3 Å². The van der Waals surface area contributed by atoms with Crippen LogP contribution < -0.4 is 5.32 Å². The summed E-state index contributed by atoms with van der Waals surface area (Å²) in [7, 11) is 0. The molecule has 0 aliphatic heterocycles. The molecule has 9 heteroatoms. The summed E-state index contributed by atoms with van der Waals surface area (Å²) in [6.45, 7) is -0.00474. The van der Waals surface area contributed by atoms with E-state index in [1.165, 1.54) is 36.4 Å². The van der Waals surface area contributed by atoms with Gasteiger partial charge < -0.3 is 10.3 Å². The molecule has 2 N–H and O–H groups in total. The molecule has 0 spiro atoms. The Morgan fingerprint density at radius 3 is 2.59 bits per heavy atom. The summed E-state index contributed by atoms with van der Waals surface area (Å²) >= 11 is 0. The van der Waals surface area contributed by atoms with Crippen LogP contribution in [0.1, 0.15) is 33.7 Å². The molecule has 0 saturated heterocycles. The second kappa shape index (κ2) is 7.34. The predicted octanol–water partition coefficient (Wildman–Crippen LogP) is 4.49. The minimum Gasteiger partial charge on any atom is -0.352 e. The third-order valence-corrected chi connectivity index (χ3v) is 3.97. The Bertz CT molecular complexity index is 965. The Balaban J connectivity index is 1.67. The van der Waals surface area contributed by atoms with E-state index in [1.54, 1.807) is 0 Å². The van der Waals surface area contributed by atoms with Gasteiger partial charge in [0.15, 0.2) is 5.82 Å². The Morgan fingerprint density at radius 1 is 1.15 bits per heavy atom. The number of carbonyl (C=O) groups excluding carboxylic acids is 1. The number of imidazole rings is 1. The average Bonchev–Trinajstić information content (AvgIpc) is 3.04. The molecule has 0 saturated carbocycles. The molecule has 3 rings (SSSR count). The fourth-order valence-electron chi connectivity index (χ4n) is 2.70. The van der Waals surface area contributed by atoms with Crippen LogP contribution in [0.3, 0.4) is 0 Å². The average molecular weight is 383 g/mol. The number of fused-ring (bicyclic) bond motifs is 1. The van der Waals surface area contributed by atoms with E-state index in [-0.39, 0.29) is 29.6 Å². The molecular weight excluding hydrogens is 369 g/mol. The zero-order valence-electron chi connectivity index (χ0n) is 13.8. The van der Waals surface area contributed by atoms with Gasteiger partial charge in [-0.25, -0.2) is 13.8 Å². The number of aromatic nitrogens is 2. The molecule has 0 bridgehead atoms. The van der Waals surface area contributed by atoms with E-state index >= 15 is 0 Å². The van der Waals surface area contributed by atoms with E-state index < -0.39 is 29.9 Å². The number of benzene rings is 2. The number of aromatic amines is 1. The Morgan fingerprint density at radius 2 is 1.89 bits per heavy atom. The molecular formula is C18H14F5N3O. The van der Waals surface area contributed by atoms with Gasteiger partial charge in [-0.05, 0) is 36.2 Å². The number of hydrogen-bond donors (Lipinski definition) is 2. The van der Waals surface area contributed by atoms with Gasteiger partial charge in [0, 0.05) is 12.1 Å². The molecule has 0 aliphatic rings. The standard InChI is InChI=1S/C18H14F5N3O/c19-15(20)16-25-13-6-5-11(9-14(13)26-16)17(27)24-8-7-10-3-1-2-4-12(10)18(21,22)23/h1-6,9,15H,7-8H2,(H,24,27)(H,25,26). The number of nitrogens with one attached hydrogen (secondary N) is 2. The molecule has 0 atom stereocenters. The van der Waals surface area contributed by atoms with Crippen LogP contribution in [0, 0.1) is 0 Å². The molecule has 3 aromatic rings. The lowest BCUT2D eigenvalue weighted by atomic mass is 10.0.